The maximum absolute atomic E-state index is 6.84. The highest BCUT2D eigenvalue weighted by atomic mass is 16.3. The van der Waals surface area contributed by atoms with Crippen LogP contribution in [0.1, 0.15) is 11.1 Å². The van der Waals surface area contributed by atoms with Gasteiger partial charge >= 0.3 is 0 Å². The lowest BCUT2D eigenvalue weighted by molar-refractivity contribution is 0.665. The van der Waals surface area contributed by atoms with E-state index in [-0.39, 0.29) is 0 Å². The van der Waals surface area contributed by atoms with Crippen LogP contribution in [0.25, 0.3) is 82.5 Å². The Balaban J connectivity index is 0.996. The van der Waals surface area contributed by atoms with Gasteiger partial charge in [0.2, 0.25) is 0 Å². The molecule has 49 heavy (non-hydrogen) atoms. The Labute approximate surface area is 284 Å². The lowest BCUT2D eigenvalue weighted by Gasteiger charge is -2.10. The van der Waals surface area contributed by atoms with E-state index in [0.29, 0.717) is 0 Å². The van der Waals surface area contributed by atoms with Crippen LogP contribution in [-0.2, 0) is 6.42 Å². The van der Waals surface area contributed by atoms with E-state index in [4.69, 9.17) is 4.42 Å². The molecule has 0 spiro atoms. The van der Waals surface area contributed by atoms with Gasteiger partial charge in [0.25, 0.3) is 0 Å². The highest BCUT2D eigenvalue weighted by molar-refractivity contribution is 6.22. The Bertz CT molecular complexity index is 2770. The van der Waals surface area contributed by atoms with E-state index in [1.54, 1.807) is 0 Å². The quantitative estimate of drug-likeness (QED) is 0.186. The molecule has 2 heterocycles. The maximum Gasteiger partial charge on any atom is 0.143 e. The Morgan fingerprint density at radius 2 is 1.02 bits per heavy atom. The molecule has 8 aromatic carbocycles. The number of hydrogen-bond donors (Lipinski definition) is 0. The van der Waals surface area contributed by atoms with E-state index < -0.39 is 0 Å². The monoisotopic (exact) mass is 625 g/mol. The van der Waals surface area contributed by atoms with Gasteiger partial charge < -0.3 is 8.98 Å². The minimum absolute atomic E-state index is 0.794. The van der Waals surface area contributed by atoms with Crippen LogP contribution in [0.5, 0.6) is 0 Å². The van der Waals surface area contributed by atoms with Gasteiger partial charge in [-0.25, -0.2) is 0 Å². The molecule has 0 amide bonds. The molecular formula is C47H31NO. The third kappa shape index (κ3) is 4.49. The second-order valence-electron chi connectivity index (χ2n) is 12.9. The van der Waals surface area contributed by atoms with Crippen LogP contribution < -0.4 is 0 Å². The average Bonchev–Trinajstić information content (AvgIpc) is 3.73. The standard InChI is InChI=1S/C47H31NO/c1-2-11-34(12-3-1)42-30-35-13-4-5-15-38(35)45-41-18-10-14-36(46(41)49-47(42)45)29-31-21-23-32(24-22-31)33-25-27-37(28-26-33)48-43-19-8-6-16-39(43)40-17-7-9-20-44(40)48/h1-28,30H,29H2. The van der Waals surface area contributed by atoms with E-state index in [9.17, 15) is 0 Å². The number of para-hydroxylation sites is 3. The highest BCUT2D eigenvalue weighted by Crippen LogP contribution is 2.42. The van der Waals surface area contributed by atoms with Crippen LogP contribution >= 0.6 is 0 Å². The smallest absolute Gasteiger partial charge is 0.143 e. The third-order valence-electron chi connectivity index (χ3n) is 10.0. The summed E-state index contributed by atoms with van der Waals surface area (Å²) in [4.78, 5) is 0. The normalized spacial score (nSPS) is 11.8. The van der Waals surface area contributed by atoms with Crippen LogP contribution in [0.2, 0.25) is 0 Å². The molecule has 0 aliphatic rings. The van der Waals surface area contributed by atoms with E-state index in [0.717, 1.165) is 28.7 Å². The summed E-state index contributed by atoms with van der Waals surface area (Å²) in [5.41, 5.74) is 12.7. The maximum atomic E-state index is 6.84. The summed E-state index contributed by atoms with van der Waals surface area (Å²) in [6, 6.07) is 63.3. The third-order valence-corrected chi connectivity index (χ3v) is 10.0. The molecule has 2 nitrogen and oxygen atoms in total. The average molecular weight is 626 g/mol. The minimum Gasteiger partial charge on any atom is -0.455 e. The number of nitrogens with zero attached hydrogens (tertiary/aromatic N) is 1. The zero-order valence-corrected chi connectivity index (χ0v) is 26.8. The zero-order valence-electron chi connectivity index (χ0n) is 26.8. The Morgan fingerprint density at radius 1 is 0.429 bits per heavy atom. The first-order chi connectivity index (χ1) is 24.3. The van der Waals surface area contributed by atoms with Crippen LogP contribution in [0.3, 0.4) is 0 Å². The summed E-state index contributed by atoms with van der Waals surface area (Å²) in [6.07, 6.45) is 0.794. The summed E-state index contributed by atoms with van der Waals surface area (Å²) in [7, 11) is 0. The number of benzene rings is 8. The molecule has 0 aliphatic heterocycles. The predicted octanol–water partition coefficient (Wildman–Crippen LogP) is 12.8. The van der Waals surface area contributed by atoms with E-state index >= 15 is 0 Å². The van der Waals surface area contributed by atoms with Crippen molar-refractivity contribution in [3.63, 3.8) is 0 Å². The van der Waals surface area contributed by atoms with Crippen molar-refractivity contribution >= 4 is 54.5 Å². The molecule has 10 aromatic rings. The number of aromatic nitrogens is 1. The zero-order chi connectivity index (χ0) is 32.3. The summed E-state index contributed by atoms with van der Waals surface area (Å²) in [5.74, 6) is 0. The lowest BCUT2D eigenvalue weighted by atomic mass is 9.95. The van der Waals surface area contributed by atoms with Crippen molar-refractivity contribution < 1.29 is 4.42 Å². The van der Waals surface area contributed by atoms with Gasteiger partial charge in [-0.15, -0.1) is 0 Å². The van der Waals surface area contributed by atoms with E-state index in [2.05, 4.69) is 180 Å². The van der Waals surface area contributed by atoms with Gasteiger partial charge in [0.05, 0.1) is 11.0 Å². The SMILES string of the molecule is c1ccc(-c2cc3ccccc3c3c2oc2c(Cc4ccc(-c5ccc(-n6c7ccccc7c7ccccc76)cc5)cc4)cccc23)cc1. The summed E-state index contributed by atoms with van der Waals surface area (Å²) in [6.45, 7) is 0. The second-order valence-corrected chi connectivity index (χ2v) is 12.9. The first-order valence-electron chi connectivity index (χ1n) is 16.9. The van der Waals surface area contributed by atoms with Crippen molar-refractivity contribution in [2.24, 2.45) is 0 Å². The number of fused-ring (bicyclic) bond motifs is 8. The first-order valence-corrected chi connectivity index (χ1v) is 16.9. The molecule has 2 aromatic heterocycles. The molecule has 10 rings (SSSR count). The lowest BCUT2D eigenvalue weighted by Crippen LogP contribution is -1.93. The molecule has 0 saturated heterocycles. The molecule has 0 N–H and O–H groups in total. The van der Waals surface area contributed by atoms with Gasteiger partial charge in [-0.1, -0.05) is 146 Å². The Kier molecular flexibility index (Phi) is 6.28. The van der Waals surface area contributed by atoms with Crippen molar-refractivity contribution in [2.45, 2.75) is 6.42 Å². The predicted molar refractivity (Wildman–Crippen MR) is 206 cm³/mol. The molecule has 0 unspecified atom stereocenters. The molecule has 2 heteroatoms. The molecular weight excluding hydrogens is 595 g/mol. The largest absolute Gasteiger partial charge is 0.455 e. The second kappa shape index (κ2) is 11.1. The molecule has 230 valence electrons. The topological polar surface area (TPSA) is 18.1 Å². The van der Waals surface area contributed by atoms with Crippen LogP contribution in [0.4, 0.5) is 0 Å². The van der Waals surface area contributed by atoms with Crippen LogP contribution in [0.15, 0.2) is 180 Å². The molecule has 0 aliphatic carbocycles. The van der Waals surface area contributed by atoms with Crippen molar-refractivity contribution in [1.29, 1.82) is 0 Å². The molecule has 0 bridgehead atoms. The molecule has 0 fully saturated rings. The molecule has 0 saturated carbocycles. The van der Waals surface area contributed by atoms with Crippen molar-refractivity contribution in [2.75, 3.05) is 0 Å². The first kappa shape index (κ1) is 27.7. The summed E-state index contributed by atoms with van der Waals surface area (Å²) >= 11 is 0. The fourth-order valence-electron chi connectivity index (χ4n) is 7.72. The fourth-order valence-corrected chi connectivity index (χ4v) is 7.72. The summed E-state index contributed by atoms with van der Waals surface area (Å²) < 4.78 is 9.20. The van der Waals surface area contributed by atoms with Gasteiger partial charge in [-0.2, -0.15) is 0 Å². The highest BCUT2D eigenvalue weighted by Gasteiger charge is 2.18. The number of hydrogen-bond acceptors (Lipinski definition) is 1. The van der Waals surface area contributed by atoms with Gasteiger partial charge in [0, 0.05) is 39.2 Å². The fraction of sp³-hybridized carbons (Fsp3) is 0.0213. The number of furan rings is 1. The Morgan fingerprint density at radius 3 is 1.73 bits per heavy atom. The van der Waals surface area contributed by atoms with Crippen molar-refractivity contribution in [1.82, 2.24) is 4.57 Å². The minimum atomic E-state index is 0.794. The Hall–Kier alpha value is -6.38. The van der Waals surface area contributed by atoms with Crippen molar-refractivity contribution in [3.8, 4) is 27.9 Å². The van der Waals surface area contributed by atoms with Gasteiger partial charge in [0.1, 0.15) is 11.2 Å². The summed E-state index contributed by atoms with van der Waals surface area (Å²) in [5, 5.41) is 7.36. The van der Waals surface area contributed by atoms with E-state index in [1.807, 2.05) is 0 Å². The van der Waals surface area contributed by atoms with Crippen LogP contribution in [0, 0.1) is 0 Å². The number of rotatable bonds is 5. The van der Waals surface area contributed by atoms with Crippen LogP contribution in [-0.4, -0.2) is 4.57 Å². The van der Waals surface area contributed by atoms with Gasteiger partial charge in [-0.3, -0.25) is 0 Å². The molecule has 0 atom stereocenters. The van der Waals surface area contributed by atoms with Crippen molar-refractivity contribution in [3.05, 3.63) is 187 Å². The van der Waals surface area contributed by atoms with E-state index in [1.165, 1.54) is 71.3 Å². The van der Waals surface area contributed by atoms with Gasteiger partial charge in [0.15, 0.2) is 0 Å². The molecule has 0 radical (unpaired) electrons. The van der Waals surface area contributed by atoms with Gasteiger partial charge in [-0.05, 0) is 68.9 Å².